The van der Waals surface area contributed by atoms with Crippen molar-refractivity contribution in [1.29, 1.82) is 0 Å². The van der Waals surface area contributed by atoms with E-state index in [2.05, 4.69) is 55.4 Å². The average Bonchev–Trinajstić information content (AvgIpc) is 2.68. The van der Waals surface area contributed by atoms with Crippen molar-refractivity contribution in [3.8, 4) is 0 Å². The van der Waals surface area contributed by atoms with Crippen molar-refractivity contribution >= 4 is 20.3 Å². The van der Waals surface area contributed by atoms with E-state index in [4.69, 9.17) is 0 Å². The van der Waals surface area contributed by atoms with E-state index in [1.807, 2.05) is 10.6 Å². The molecule has 0 amide bonds. The second-order valence-electron chi connectivity index (χ2n) is 6.26. The van der Waals surface area contributed by atoms with Gasteiger partial charge in [0, 0.05) is 0 Å². The first-order valence-corrected chi connectivity index (χ1v) is 17.8. The maximum absolute atomic E-state index is 2.52. The van der Waals surface area contributed by atoms with Crippen LogP contribution in [0.3, 0.4) is 0 Å². The predicted molar refractivity (Wildman–Crippen MR) is 95.9 cm³/mol. The molecule has 2 heterocycles. The second-order valence-corrected chi connectivity index (χ2v) is 25.6. The predicted octanol–water partition coefficient (Wildman–Crippen LogP) is 5.41. The summed E-state index contributed by atoms with van der Waals surface area (Å²) in [5.74, 6) is 0. The van der Waals surface area contributed by atoms with E-state index in [1.54, 1.807) is 22.3 Å². The Kier molecular flexibility index (Phi) is 5.15. The first-order valence-electron chi connectivity index (χ1n) is 7.31. The van der Waals surface area contributed by atoms with Crippen molar-refractivity contribution in [2.45, 2.75) is 66.7 Å². The molecular formula is C16H30P2Zr. The van der Waals surface area contributed by atoms with Gasteiger partial charge >= 0.3 is 131 Å². The van der Waals surface area contributed by atoms with E-state index < -0.39 is 0 Å². The van der Waals surface area contributed by atoms with Gasteiger partial charge in [-0.3, -0.25) is 0 Å². The zero-order valence-electron chi connectivity index (χ0n) is 15.7. The molecule has 0 aromatic rings. The maximum atomic E-state index is 2.52. The van der Waals surface area contributed by atoms with Crippen molar-refractivity contribution in [2.24, 2.45) is 0 Å². The molecule has 4 atom stereocenters. The van der Waals surface area contributed by atoms with Crippen molar-refractivity contribution in [3.05, 3.63) is 22.3 Å². The van der Waals surface area contributed by atoms with Crippen molar-refractivity contribution < 1.29 is 24.9 Å². The average molecular weight is 376 g/mol. The molecule has 0 spiro atoms. The molecule has 0 fully saturated rings. The van der Waals surface area contributed by atoms with Gasteiger partial charge in [0.25, 0.3) is 0 Å². The summed E-state index contributed by atoms with van der Waals surface area (Å²) in [6.07, 6.45) is 0. The van der Waals surface area contributed by atoms with Crippen LogP contribution in [0.5, 0.6) is 0 Å². The summed E-state index contributed by atoms with van der Waals surface area (Å²) >= 11 is -0.231. The van der Waals surface area contributed by atoms with Gasteiger partial charge < -0.3 is 2.85 Å². The quantitative estimate of drug-likeness (QED) is 0.566. The van der Waals surface area contributed by atoms with Crippen LogP contribution in [0.4, 0.5) is 0 Å². The molecule has 0 aromatic heterocycles. The summed E-state index contributed by atoms with van der Waals surface area (Å²) in [5, 5.41) is 3.70. The number of allylic oxidation sites excluding steroid dienone is 4. The molecule has 4 unspecified atom stereocenters. The Balaban J connectivity index is 0.00000200. The second kappa shape index (κ2) is 5.99. The van der Waals surface area contributed by atoms with Gasteiger partial charge in [-0.05, 0) is 0 Å². The van der Waals surface area contributed by atoms with E-state index in [-0.39, 0.29) is 34.6 Å². The molecule has 0 aliphatic carbocycles. The summed E-state index contributed by atoms with van der Waals surface area (Å²) in [6, 6.07) is 0. The van der Waals surface area contributed by atoms with Gasteiger partial charge in [0.2, 0.25) is 0 Å². The van der Waals surface area contributed by atoms with E-state index in [0.717, 1.165) is 11.3 Å². The molecule has 2 aliphatic heterocycles. The molecule has 2 rings (SSSR count). The molecule has 19 heavy (non-hydrogen) atoms. The third-order valence-electron chi connectivity index (χ3n) is 5.55. The molecule has 0 nitrogen and oxygen atoms in total. The van der Waals surface area contributed by atoms with Crippen molar-refractivity contribution in [3.63, 3.8) is 0 Å². The largest absolute Gasteiger partial charge is 1.00 e. The molecule has 108 valence electrons. The van der Waals surface area contributed by atoms with E-state index in [0.29, 0.717) is 0 Å². The summed E-state index contributed by atoms with van der Waals surface area (Å²) in [6.45, 7) is 19.5. The van der Waals surface area contributed by atoms with Gasteiger partial charge in [0.15, 0.2) is 0 Å². The van der Waals surface area contributed by atoms with Crippen LogP contribution in [0.2, 0.25) is 0 Å². The third kappa shape index (κ3) is 2.70. The molecule has 2 aliphatic rings. The fraction of sp³-hybridized carbons (Fsp3) is 0.625. The van der Waals surface area contributed by atoms with Crippen LogP contribution in [0.15, 0.2) is 22.3 Å². The third-order valence-corrected chi connectivity index (χ3v) is 36.5. The number of hydrogen-bond acceptors (Lipinski definition) is 0. The first-order chi connectivity index (χ1) is 8.77. The molecular weight excluding hydrogens is 345 g/mol. The van der Waals surface area contributed by atoms with Crippen molar-refractivity contribution in [1.82, 2.24) is 0 Å². The number of hydrogen-bond donors (Lipinski definition) is 0. The summed E-state index contributed by atoms with van der Waals surface area (Å²) < 4.78 is 0. The van der Waals surface area contributed by atoms with Gasteiger partial charge in [0.1, 0.15) is 0 Å². The van der Waals surface area contributed by atoms with Gasteiger partial charge in [-0.1, -0.05) is 0 Å². The van der Waals surface area contributed by atoms with Crippen LogP contribution in [-0.4, -0.2) is 21.9 Å². The van der Waals surface area contributed by atoms with E-state index >= 15 is 0 Å². The smallest absolute Gasteiger partial charge is 1.00 e. The Morgan fingerprint density at radius 3 is 1.26 bits per heavy atom. The summed E-state index contributed by atoms with van der Waals surface area (Å²) in [5.41, 5.74) is 8.68. The van der Waals surface area contributed by atoms with Gasteiger partial charge in [-0.15, -0.1) is 0 Å². The van der Waals surface area contributed by atoms with Crippen molar-refractivity contribution in [2.75, 3.05) is 0 Å². The number of rotatable bonds is 2. The minimum absolute atomic E-state index is 0. The van der Waals surface area contributed by atoms with Crippen LogP contribution >= 0.6 is 9.68 Å². The zero-order chi connectivity index (χ0) is 14.5. The van der Waals surface area contributed by atoms with E-state index in [1.165, 1.54) is 0 Å². The van der Waals surface area contributed by atoms with Gasteiger partial charge in [0.05, 0.1) is 0 Å². The molecule has 0 bridgehead atoms. The van der Waals surface area contributed by atoms with Gasteiger partial charge in [-0.2, -0.15) is 0 Å². The summed E-state index contributed by atoms with van der Waals surface area (Å²) in [7, 11) is 0. The van der Waals surface area contributed by atoms with Crippen LogP contribution in [0.25, 0.3) is 0 Å². The molecule has 0 radical (unpaired) electrons. The first kappa shape index (κ1) is 16.3. The van der Waals surface area contributed by atoms with Crippen LogP contribution in [0, 0.1) is 0 Å². The maximum Gasteiger partial charge on any atom is -1.00 e. The normalized spacial score (nSPS) is 35.6. The van der Waals surface area contributed by atoms with E-state index in [9.17, 15) is 0 Å². The minimum atomic E-state index is -0.231. The fourth-order valence-electron chi connectivity index (χ4n) is 3.28. The molecule has 0 N–H and O–H groups in total. The fourth-order valence-corrected chi connectivity index (χ4v) is 41.7. The Morgan fingerprint density at radius 1 is 0.737 bits per heavy atom. The molecule has 0 aromatic carbocycles. The SMILES string of the molecule is CC1=C(C)C(C)[PH]([Zr+2][PH]2=C(C)C(C)=C(C)C2C)=C1C.[H-].[H-]. The van der Waals surface area contributed by atoms with Crippen LogP contribution < -0.4 is 0 Å². The summed E-state index contributed by atoms with van der Waals surface area (Å²) in [4.78, 5) is -0.298. The topological polar surface area (TPSA) is 0 Å². The molecule has 0 saturated carbocycles. The molecule has 0 saturated heterocycles. The Bertz CT molecular complexity index is 521. The zero-order valence-corrected chi connectivity index (χ0v) is 18.1. The molecule has 3 heteroatoms. The monoisotopic (exact) mass is 374 g/mol. The van der Waals surface area contributed by atoms with Crippen LogP contribution in [-0.2, 0) is 22.1 Å². The Hall–Kier alpha value is 0.963. The van der Waals surface area contributed by atoms with Crippen LogP contribution in [0.1, 0.15) is 58.2 Å². The standard InChI is InChI=1S/2C8H13P.Zr.2H/c2*1-5-6(2)8(4)9-7(5)3;;;/h2*7H,1-4H3;;;/q;;;2*-1/p+2. The Morgan fingerprint density at radius 2 is 1.05 bits per heavy atom. The Labute approximate surface area is 134 Å². The van der Waals surface area contributed by atoms with Gasteiger partial charge in [-0.25, -0.2) is 0 Å². The minimum Gasteiger partial charge on any atom is -1.00 e.